The molecule has 0 aromatic carbocycles. The Labute approximate surface area is 117 Å². The number of hydrogen-bond acceptors (Lipinski definition) is 4. The van der Waals surface area contributed by atoms with Crippen LogP contribution in [0.15, 0.2) is 6.07 Å². The Bertz CT molecular complexity index is 684. The molecule has 0 N–H and O–H groups in total. The Morgan fingerprint density at radius 2 is 2.15 bits per heavy atom. The fourth-order valence-corrected chi connectivity index (χ4v) is 2.55. The van der Waals surface area contributed by atoms with Crippen LogP contribution in [-0.2, 0) is 4.74 Å². The van der Waals surface area contributed by atoms with Crippen molar-refractivity contribution in [3.63, 3.8) is 0 Å². The molecule has 0 radical (unpaired) electrons. The molecule has 0 unspecified atom stereocenters. The van der Waals surface area contributed by atoms with Gasteiger partial charge in [0.2, 0.25) is 0 Å². The minimum atomic E-state index is -0.314. The van der Waals surface area contributed by atoms with Gasteiger partial charge in [0.1, 0.15) is 0 Å². The minimum Gasteiger partial charge on any atom is -0.465 e. The maximum atomic E-state index is 12.1. The fourth-order valence-electron chi connectivity index (χ4n) is 2.55. The number of nitrogens with zero attached hydrogens (tertiary/aromatic N) is 3. The second kappa shape index (κ2) is 4.58. The number of rotatable bonds is 3. The lowest BCUT2D eigenvalue weighted by Gasteiger charge is -2.09. The number of fused-ring (bicyclic) bond motifs is 1. The summed E-state index contributed by atoms with van der Waals surface area (Å²) < 4.78 is 6.81. The molecule has 0 spiro atoms. The monoisotopic (exact) mass is 273 g/mol. The lowest BCUT2D eigenvalue weighted by Crippen LogP contribution is -2.07. The summed E-state index contributed by atoms with van der Waals surface area (Å²) >= 11 is 0. The van der Waals surface area contributed by atoms with Gasteiger partial charge in [-0.05, 0) is 39.7 Å². The summed E-state index contributed by atoms with van der Waals surface area (Å²) in [6.45, 7) is 6.04. The van der Waals surface area contributed by atoms with Gasteiger partial charge in [-0.3, -0.25) is 0 Å². The van der Waals surface area contributed by atoms with Crippen LogP contribution in [0.25, 0.3) is 11.0 Å². The van der Waals surface area contributed by atoms with Gasteiger partial charge in [-0.2, -0.15) is 5.10 Å². The average Bonchev–Trinajstić information content (AvgIpc) is 3.22. The van der Waals surface area contributed by atoms with Gasteiger partial charge in [-0.1, -0.05) is 0 Å². The predicted molar refractivity (Wildman–Crippen MR) is 76.0 cm³/mol. The van der Waals surface area contributed by atoms with Crippen LogP contribution in [0.4, 0.5) is 0 Å². The highest BCUT2D eigenvalue weighted by Gasteiger charge is 2.29. The molecule has 1 fully saturated rings. The van der Waals surface area contributed by atoms with Crippen molar-refractivity contribution in [2.45, 2.75) is 45.6 Å². The van der Waals surface area contributed by atoms with Crippen LogP contribution in [0.3, 0.4) is 0 Å². The predicted octanol–water partition coefficient (Wildman–Crippen LogP) is 2.98. The van der Waals surface area contributed by atoms with E-state index in [9.17, 15) is 4.79 Å². The van der Waals surface area contributed by atoms with Gasteiger partial charge >= 0.3 is 5.97 Å². The number of esters is 1. The van der Waals surface area contributed by atoms with Gasteiger partial charge in [0.25, 0.3) is 0 Å². The number of ether oxygens (including phenoxy) is 1. The van der Waals surface area contributed by atoms with E-state index in [1.165, 1.54) is 7.11 Å². The number of methoxy groups -OCH3 is 1. The van der Waals surface area contributed by atoms with Crippen LogP contribution in [0.5, 0.6) is 0 Å². The van der Waals surface area contributed by atoms with Gasteiger partial charge in [0.05, 0.1) is 23.8 Å². The summed E-state index contributed by atoms with van der Waals surface area (Å²) in [5.74, 6) is 0.171. The number of aryl methyl sites for hydroxylation is 1. The van der Waals surface area contributed by atoms with Crippen LogP contribution in [0.1, 0.15) is 60.4 Å². The third kappa shape index (κ3) is 1.97. The summed E-state index contributed by atoms with van der Waals surface area (Å²) in [4.78, 5) is 16.8. The summed E-state index contributed by atoms with van der Waals surface area (Å²) in [6, 6.07) is 2.09. The second-order valence-corrected chi connectivity index (χ2v) is 5.68. The molecule has 2 aromatic rings. The molecule has 0 amide bonds. The van der Waals surface area contributed by atoms with Crippen LogP contribution in [0, 0.1) is 6.92 Å². The van der Waals surface area contributed by atoms with Crippen LogP contribution in [-0.4, -0.2) is 27.8 Å². The normalized spacial score (nSPS) is 15.1. The zero-order valence-electron chi connectivity index (χ0n) is 12.3. The van der Waals surface area contributed by atoms with E-state index in [-0.39, 0.29) is 12.0 Å². The molecule has 0 atom stereocenters. The smallest absolute Gasteiger partial charge is 0.338 e. The Morgan fingerprint density at radius 1 is 1.45 bits per heavy atom. The third-order valence-electron chi connectivity index (χ3n) is 3.75. The van der Waals surface area contributed by atoms with Gasteiger partial charge in [0, 0.05) is 17.7 Å². The highest BCUT2D eigenvalue weighted by molar-refractivity contribution is 6.03. The van der Waals surface area contributed by atoms with E-state index < -0.39 is 0 Å². The number of pyridine rings is 1. The van der Waals surface area contributed by atoms with Crippen molar-refractivity contribution in [1.82, 2.24) is 14.8 Å². The zero-order chi connectivity index (χ0) is 14.4. The number of hydrogen-bond donors (Lipinski definition) is 0. The van der Waals surface area contributed by atoms with Crippen LogP contribution < -0.4 is 0 Å². The molecule has 2 aromatic heterocycles. The molecular weight excluding hydrogens is 254 g/mol. The van der Waals surface area contributed by atoms with Crippen molar-refractivity contribution in [2.24, 2.45) is 0 Å². The van der Waals surface area contributed by atoms with E-state index in [1.54, 1.807) is 0 Å². The summed E-state index contributed by atoms with van der Waals surface area (Å²) in [5, 5.41) is 5.35. The largest absolute Gasteiger partial charge is 0.465 e. The second-order valence-electron chi connectivity index (χ2n) is 5.68. The molecule has 1 aliphatic carbocycles. The molecule has 106 valence electrons. The number of carbonyl (C=O) groups excluding carboxylic acids is 1. The molecular formula is C15H19N3O2. The van der Waals surface area contributed by atoms with E-state index in [2.05, 4.69) is 18.9 Å². The Balaban J connectivity index is 2.32. The Kier molecular flexibility index (Phi) is 3.00. The van der Waals surface area contributed by atoms with E-state index in [0.29, 0.717) is 11.5 Å². The molecule has 3 rings (SSSR count). The van der Waals surface area contributed by atoms with E-state index in [1.807, 2.05) is 17.7 Å². The maximum absolute atomic E-state index is 12.1. The molecule has 2 heterocycles. The van der Waals surface area contributed by atoms with E-state index >= 15 is 0 Å². The van der Waals surface area contributed by atoms with Gasteiger partial charge in [-0.25, -0.2) is 14.5 Å². The SMILES string of the molecule is COC(=O)c1cc(C2CC2)nc2c1c(C)nn2C(C)C. The van der Waals surface area contributed by atoms with Crippen LogP contribution in [0.2, 0.25) is 0 Å². The summed E-state index contributed by atoms with van der Waals surface area (Å²) in [6.07, 6.45) is 2.29. The van der Waals surface area contributed by atoms with Gasteiger partial charge in [-0.15, -0.1) is 0 Å². The van der Waals surface area contributed by atoms with Crippen molar-refractivity contribution in [1.29, 1.82) is 0 Å². The summed E-state index contributed by atoms with van der Waals surface area (Å²) in [7, 11) is 1.41. The van der Waals surface area contributed by atoms with E-state index in [4.69, 9.17) is 9.72 Å². The maximum Gasteiger partial charge on any atom is 0.338 e. The first kappa shape index (κ1) is 13.1. The lowest BCUT2D eigenvalue weighted by molar-refractivity contribution is 0.0602. The van der Waals surface area contributed by atoms with Crippen molar-refractivity contribution >= 4 is 17.0 Å². The topological polar surface area (TPSA) is 57.0 Å². The first-order valence-electron chi connectivity index (χ1n) is 7.01. The molecule has 1 saturated carbocycles. The molecule has 0 bridgehead atoms. The first-order chi connectivity index (χ1) is 9.52. The first-order valence-corrected chi connectivity index (χ1v) is 7.01. The van der Waals surface area contributed by atoms with E-state index in [0.717, 1.165) is 35.3 Å². The van der Waals surface area contributed by atoms with Gasteiger partial charge < -0.3 is 4.74 Å². The third-order valence-corrected chi connectivity index (χ3v) is 3.75. The highest BCUT2D eigenvalue weighted by atomic mass is 16.5. The fraction of sp³-hybridized carbons (Fsp3) is 0.533. The number of aromatic nitrogens is 3. The van der Waals surface area contributed by atoms with Crippen molar-refractivity contribution in [2.75, 3.05) is 7.11 Å². The molecule has 1 aliphatic rings. The lowest BCUT2D eigenvalue weighted by atomic mass is 10.1. The van der Waals surface area contributed by atoms with Gasteiger partial charge in [0.15, 0.2) is 5.65 Å². The number of carbonyl (C=O) groups is 1. The Morgan fingerprint density at radius 3 is 2.70 bits per heavy atom. The van der Waals surface area contributed by atoms with Crippen molar-refractivity contribution in [3.8, 4) is 0 Å². The summed E-state index contributed by atoms with van der Waals surface area (Å²) in [5.41, 5.74) is 3.19. The molecule has 0 saturated heterocycles. The average molecular weight is 273 g/mol. The zero-order valence-corrected chi connectivity index (χ0v) is 12.3. The molecule has 0 aliphatic heterocycles. The quantitative estimate of drug-likeness (QED) is 0.807. The molecule has 20 heavy (non-hydrogen) atoms. The highest BCUT2D eigenvalue weighted by Crippen LogP contribution is 2.40. The molecule has 5 nitrogen and oxygen atoms in total. The Hall–Kier alpha value is -1.91. The van der Waals surface area contributed by atoms with Crippen molar-refractivity contribution < 1.29 is 9.53 Å². The minimum absolute atomic E-state index is 0.207. The van der Waals surface area contributed by atoms with Crippen molar-refractivity contribution in [3.05, 3.63) is 23.0 Å². The van der Waals surface area contributed by atoms with Crippen LogP contribution >= 0.6 is 0 Å². The molecule has 5 heteroatoms. The standard InChI is InChI=1S/C15H19N3O2/c1-8(2)18-14-13(9(3)17-18)11(15(19)20-4)7-12(16-14)10-5-6-10/h7-8,10H,5-6H2,1-4H3.